The summed E-state index contributed by atoms with van der Waals surface area (Å²) < 4.78 is 5.75. The normalized spacial score (nSPS) is 23.3. The molecule has 1 aromatic carbocycles. The van der Waals surface area contributed by atoms with Crippen molar-refractivity contribution in [2.45, 2.75) is 58.0 Å². The number of likely N-dealkylation sites (tertiary alicyclic amines) is 1. The van der Waals surface area contributed by atoms with E-state index in [-0.39, 0.29) is 11.9 Å². The van der Waals surface area contributed by atoms with Crippen LogP contribution < -0.4 is 15.4 Å². The first kappa shape index (κ1) is 20.2. The molecular weight excluding hydrogens is 338 g/mol. The molecule has 0 saturated carbocycles. The average Bonchev–Trinajstić information content (AvgIpc) is 3.23. The molecule has 0 spiro atoms. The number of piperidine rings is 1. The van der Waals surface area contributed by atoms with E-state index in [4.69, 9.17) is 4.74 Å². The number of carbonyl (C=O) groups is 1. The Bertz CT molecular complexity index is 569. The maximum atomic E-state index is 12.2. The van der Waals surface area contributed by atoms with Gasteiger partial charge in [0.2, 0.25) is 5.91 Å². The molecule has 3 rings (SSSR count). The minimum absolute atomic E-state index is 0.0303. The van der Waals surface area contributed by atoms with E-state index in [0.717, 1.165) is 70.8 Å². The second-order valence-electron chi connectivity index (χ2n) is 7.98. The number of nitrogens with one attached hydrogen (secondary N) is 2. The summed E-state index contributed by atoms with van der Waals surface area (Å²) >= 11 is 0. The Morgan fingerprint density at radius 2 is 2.11 bits per heavy atom. The van der Waals surface area contributed by atoms with Gasteiger partial charge >= 0.3 is 0 Å². The summed E-state index contributed by atoms with van der Waals surface area (Å²) in [5, 5.41) is 6.44. The van der Waals surface area contributed by atoms with Crippen LogP contribution in [0, 0.1) is 5.92 Å². The number of hydrogen-bond donors (Lipinski definition) is 2. The van der Waals surface area contributed by atoms with Gasteiger partial charge in [-0.2, -0.15) is 0 Å². The quantitative estimate of drug-likeness (QED) is 0.654. The highest BCUT2D eigenvalue weighted by atomic mass is 16.5. The minimum atomic E-state index is 0.0303. The van der Waals surface area contributed by atoms with Crippen molar-refractivity contribution in [3.63, 3.8) is 0 Å². The van der Waals surface area contributed by atoms with Crippen molar-refractivity contribution in [2.24, 2.45) is 5.92 Å². The maximum absolute atomic E-state index is 12.2. The molecule has 0 aliphatic carbocycles. The second kappa shape index (κ2) is 10.7. The average molecular weight is 374 g/mol. The van der Waals surface area contributed by atoms with Gasteiger partial charge in [0, 0.05) is 19.6 Å². The van der Waals surface area contributed by atoms with E-state index in [1.807, 2.05) is 0 Å². The molecular formula is C22H35N3O2. The van der Waals surface area contributed by atoms with Crippen LogP contribution in [0.25, 0.3) is 0 Å². The Hall–Kier alpha value is -1.59. The lowest BCUT2D eigenvalue weighted by Gasteiger charge is -2.33. The lowest BCUT2D eigenvalue weighted by atomic mass is 9.97. The van der Waals surface area contributed by atoms with Gasteiger partial charge in [0.15, 0.2) is 0 Å². The van der Waals surface area contributed by atoms with Crippen LogP contribution in [0.4, 0.5) is 0 Å². The van der Waals surface area contributed by atoms with E-state index in [0.29, 0.717) is 5.92 Å². The molecule has 2 saturated heterocycles. The molecule has 2 fully saturated rings. The lowest BCUT2D eigenvalue weighted by molar-refractivity contribution is -0.123. The Kier molecular flexibility index (Phi) is 7.96. The molecule has 0 unspecified atom stereocenters. The first-order valence-corrected chi connectivity index (χ1v) is 10.7. The molecule has 5 heteroatoms. The zero-order valence-electron chi connectivity index (χ0n) is 16.7. The summed E-state index contributed by atoms with van der Waals surface area (Å²) in [7, 11) is 0. The Morgan fingerprint density at radius 1 is 1.26 bits per heavy atom. The number of amides is 1. The number of carbonyl (C=O) groups excluding carboxylic acids is 1. The Morgan fingerprint density at radius 3 is 2.85 bits per heavy atom. The number of ether oxygens (including phenoxy) is 1. The fraction of sp³-hybridized carbons (Fsp3) is 0.682. The van der Waals surface area contributed by atoms with Gasteiger partial charge in [0.25, 0.3) is 0 Å². The van der Waals surface area contributed by atoms with Gasteiger partial charge in [-0.25, -0.2) is 0 Å². The zero-order chi connectivity index (χ0) is 18.9. The molecule has 1 aromatic rings. The number of nitrogens with zero attached hydrogens (tertiary/aromatic N) is 1. The molecule has 0 radical (unpaired) electrons. The summed E-state index contributed by atoms with van der Waals surface area (Å²) in [6.07, 6.45) is 6.76. The third-order valence-electron chi connectivity index (χ3n) is 5.64. The van der Waals surface area contributed by atoms with Gasteiger partial charge in [-0.1, -0.05) is 25.5 Å². The summed E-state index contributed by atoms with van der Waals surface area (Å²) in [5.41, 5.74) is 1.33. The van der Waals surface area contributed by atoms with E-state index in [2.05, 4.69) is 46.7 Å². The van der Waals surface area contributed by atoms with Gasteiger partial charge in [-0.3, -0.25) is 9.69 Å². The van der Waals surface area contributed by atoms with Crippen molar-refractivity contribution in [1.82, 2.24) is 15.5 Å². The van der Waals surface area contributed by atoms with Gasteiger partial charge in [0.05, 0.1) is 12.6 Å². The molecule has 2 aliphatic rings. The van der Waals surface area contributed by atoms with Crippen LogP contribution in [-0.2, 0) is 11.3 Å². The van der Waals surface area contributed by atoms with Crippen molar-refractivity contribution in [3.05, 3.63) is 29.8 Å². The van der Waals surface area contributed by atoms with E-state index in [1.165, 1.54) is 18.4 Å². The number of rotatable bonds is 9. The van der Waals surface area contributed by atoms with Crippen molar-refractivity contribution in [1.29, 1.82) is 0 Å². The fourth-order valence-electron chi connectivity index (χ4n) is 4.02. The molecule has 0 bridgehead atoms. The molecule has 5 nitrogen and oxygen atoms in total. The van der Waals surface area contributed by atoms with Crippen LogP contribution >= 0.6 is 0 Å². The monoisotopic (exact) mass is 373 g/mol. The fourth-order valence-corrected chi connectivity index (χ4v) is 4.02. The summed E-state index contributed by atoms with van der Waals surface area (Å²) in [6, 6.07) is 8.56. The summed E-state index contributed by atoms with van der Waals surface area (Å²) in [5.74, 6) is 1.70. The van der Waals surface area contributed by atoms with E-state index >= 15 is 0 Å². The highest BCUT2D eigenvalue weighted by Crippen LogP contribution is 2.20. The van der Waals surface area contributed by atoms with Crippen LogP contribution in [0.3, 0.4) is 0 Å². The van der Waals surface area contributed by atoms with Crippen LogP contribution in [0.2, 0.25) is 0 Å². The van der Waals surface area contributed by atoms with E-state index in [1.54, 1.807) is 0 Å². The van der Waals surface area contributed by atoms with E-state index in [9.17, 15) is 4.79 Å². The van der Waals surface area contributed by atoms with Gasteiger partial charge < -0.3 is 15.4 Å². The molecule has 0 aromatic heterocycles. The Labute approximate surface area is 163 Å². The molecule has 2 aliphatic heterocycles. The second-order valence-corrected chi connectivity index (χ2v) is 7.98. The topological polar surface area (TPSA) is 53.6 Å². The highest BCUT2D eigenvalue weighted by molar-refractivity contribution is 5.81. The molecule has 2 atom stereocenters. The van der Waals surface area contributed by atoms with E-state index < -0.39 is 0 Å². The number of unbranched alkanes of at least 4 members (excludes halogenated alkanes) is 1. The van der Waals surface area contributed by atoms with Crippen molar-refractivity contribution in [3.8, 4) is 5.75 Å². The third-order valence-corrected chi connectivity index (χ3v) is 5.64. The first-order valence-electron chi connectivity index (χ1n) is 10.7. The summed E-state index contributed by atoms with van der Waals surface area (Å²) in [4.78, 5) is 14.7. The predicted molar refractivity (Wildman–Crippen MR) is 109 cm³/mol. The van der Waals surface area contributed by atoms with Crippen molar-refractivity contribution >= 4 is 5.91 Å². The highest BCUT2D eigenvalue weighted by Gasteiger charge is 2.24. The molecule has 2 N–H and O–H groups in total. The third kappa shape index (κ3) is 6.51. The van der Waals surface area contributed by atoms with Crippen molar-refractivity contribution < 1.29 is 9.53 Å². The van der Waals surface area contributed by atoms with Crippen LogP contribution in [0.1, 0.15) is 51.0 Å². The summed E-state index contributed by atoms with van der Waals surface area (Å²) in [6.45, 7) is 7.93. The smallest absolute Gasteiger partial charge is 0.237 e. The number of benzene rings is 1. The van der Waals surface area contributed by atoms with Crippen molar-refractivity contribution in [2.75, 3.05) is 32.8 Å². The maximum Gasteiger partial charge on any atom is 0.237 e. The molecule has 1 amide bonds. The Balaban J connectivity index is 1.40. The van der Waals surface area contributed by atoms with Crippen LogP contribution in [-0.4, -0.2) is 49.6 Å². The molecule has 150 valence electrons. The van der Waals surface area contributed by atoms with Crippen LogP contribution in [0.15, 0.2) is 24.3 Å². The van der Waals surface area contributed by atoms with Gasteiger partial charge in [-0.05, 0) is 68.8 Å². The standard InChI is InChI=1S/C22H35N3O2/c1-2-3-14-27-20-10-8-18(9-11-20)16-25-13-5-6-19(17-25)15-24-22(26)21-7-4-12-23-21/h8-11,19,21,23H,2-7,12-17H2,1H3,(H,24,26)/t19-,21-/m1/s1. The molecule has 2 heterocycles. The predicted octanol–water partition coefficient (Wildman–Crippen LogP) is 2.95. The molecule has 27 heavy (non-hydrogen) atoms. The SMILES string of the molecule is CCCCOc1ccc(CN2CCC[C@H](CNC(=O)[C@H]3CCCN3)C2)cc1. The first-order chi connectivity index (χ1) is 13.2. The van der Waals surface area contributed by atoms with Gasteiger partial charge in [0.1, 0.15) is 5.75 Å². The number of hydrogen-bond acceptors (Lipinski definition) is 4. The van der Waals surface area contributed by atoms with Crippen LogP contribution in [0.5, 0.6) is 5.75 Å². The van der Waals surface area contributed by atoms with Gasteiger partial charge in [-0.15, -0.1) is 0 Å². The lowest BCUT2D eigenvalue weighted by Crippen LogP contribution is -2.45. The minimum Gasteiger partial charge on any atom is -0.494 e. The zero-order valence-corrected chi connectivity index (χ0v) is 16.7. The largest absolute Gasteiger partial charge is 0.494 e.